The standard InChI is InChI=1S/C10H11N3S/c14-10-11-6-5-9-12-7-3-1-2-4-8(7)13(9)10/h1-4,9,12H,5-6H2,(H,11,14). The second kappa shape index (κ2) is 2.85. The van der Waals surface area contributed by atoms with Crippen LogP contribution in [-0.2, 0) is 0 Å². The lowest BCUT2D eigenvalue weighted by atomic mass is 10.2. The summed E-state index contributed by atoms with van der Waals surface area (Å²) < 4.78 is 0. The van der Waals surface area contributed by atoms with Crippen molar-refractivity contribution in [2.45, 2.75) is 12.6 Å². The number of nitrogens with zero attached hydrogens (tertiary/aromatic N) is 1. The van der Waals surface area contributed by atoms with Crippen molar-refractivity contribution in [2.75, 3.05) is 16.8 Å². The van der Waals surface area contributed by atoms with Gasteiger partial charge in [0.15, 0.2) is 5.11 Å². The van der Waals surface area contributed by atoms with E-state index in [2.05, 4.69) is 27.7 Å². The molecule has 1 fully saturated rings. The molecule has 1 aromatic rings. The van der Waals surface area contributed by atoms with E-state index < -0.39 is 0 Å². The Hall–Kier alpha value is -1.29. The summed E-state index contributed by atoms with van der Waals surface area (Å²) in [5, 5.41) is 7.51. The number of hydrogen-bond acceptors (Lipinski definition) is 2. The molecule has 2 aliphatic rings. The van der Waals surface area contributed by atoms with E-state index >= 15 is 0 Å². The van der Waals surface area contributed by atoms with Crippen LogP contribution in [0.2, 0.25) is 0 Å². The van der Waals surface area contributed by atoms with Gasteiger partial charge in [0.1, 0.15) is 6.17 Å². The van der Waals surface area contributed by atoms with Crippen LogP contribution >= 0.6 is 12.2 Å². The van der Waals surface area contributed by atoms with Crippen molar-refractivity contribution >= 4 is 28.7 Å². The van der Waals surface area contributed by atoms with E-state index in [4.69, 9.17) is 12.2 Å². The normalized spacial score (nSPS) is 23.6. The largest absolute Gasteiger partial charge is 0.363 e. The van der Waals surface area contributed by atoms with Gasteiger partial charge in [0, 0.05) is 13.0 Å². The zero-order chi connectivity index (χ0) is 9.54. The molecule has 0 radical (unpaired) electrons. The Balaban J connectivity index is 2.07. The average molecular weight is 205 g/mol. The van der Waals surface area contributed by atoms with E-state index in [1.165, 1.54) is 11.4 Å². The van der Waals surface area contributed by atoms with E-state index in [0.717, 1.165) is 18.1 Å². The van der Waals surface area contributed by atoms with Crippen LogP contribution in [0.15, 0.2) is 24.3 Å². The van der Waals surface area contributed by atoms with Crippen molar-refractivity contribution in [2.24, 2.45) is 0 Å². The Bertz CT molecular complexity index is 391. The summed E-state index contributed by atoms with van der Waals surface area (Å²) in [4.78, 5) is 2.16. The van der Waals surface area contributed by atoms with Gasteiger partial charge in [0.25, 0.3) is 0 Å². The van der Waals surface area contributed by atoms with Gasteiger partial charge in [-0.25, -0.2) is 0 Å². The number of anilines is 2. The number of hydrogen-bond donors (Lipinski definition) is 2. The predicted octanol–water partition coefficient (Wildman–Crippen LogP) is 1.52. The minimum Gasteiger partial charge on any atom is -0.363 e. The Kier molecular flexibility index (Phi) is 1.64. The summed E-state index contributed by atoms with van der Waals surface area (Å²) in [6.45, 7) is 0.959. The molecule has 1 unspecified atom stereocenters. The van der Waals surface area contributed by atoms with Crippen molar-refractivity contribution in [3.8, 4) is 0 Å². The molecular formula is C10H11N3S. The molecule has 0 spiro atoms. The number of rotatable bonds is 0. The van der Waals surface area contributed by atoms with Crippen LogP contribution in [0.3, 0.4) is 0 Å². The molecule has 3 rings (SSSR count). The van der Waals surface area contributed by atoms with Crippen LogP contribution in [0.25, 0.3) is 0 Å². The molecule has 0 amide bonds. The molecule has 2 heterocycles. The highest BCUT2D eigenvalue weighted by Crippen LogP contribution is 2.36. The Labute approximate surface area is 88.1 Å². The molecule has 0 saturated carbocycles. The highest BCUT2D eigenvalue weighted by Gasteiger charge is 2.33. The first-order chi connectivity index (χ1) is 6.86. The Morgan fingerprint density at radius 3 is 3.14 bits per heavy atom. The minimum atomic E-state index is 0.348. The number of thiocarbonyl (C=S) groups is 1. The molecule has 1 aromatic carbocycles. The van der Waals surface area contributed by atoms with Crippen LogP contribution in [0.1, 0.15) is 6.42 Å². The third-order valence-electron chi connectivity index (χ3n) is 2.71. The summed E-state index contributed by atoms with van der Waals surface area (Å²) in [5.74, 6) is 0. The molecule has 14 heavy (non-hydrogen) atoms. The molecule has 1 saturated heterocycles. The van der Waals surface area contributed by atoms with Crippen LogP contribution in [0, 0.1) is 0 Å². The number of nitrogens with one attached hydrogen (secondary N) is 2. The van der Waals surface area contributed by atoms with E-state index in [1.807, 2.05) is 12.1 Å². The zero-order valence-electron chi connectivity index (χ0n) is 7.66. The van der Waals surface area contributed by atoms with E-state index in [9.17, 15) is 0 Å². The lowest BCUT2D eigenvalue weighted by molar-refractivity contribution is 0.627. The maximum Gasteiger partial charge on any atom is 0.175 e. The topological polar surface area (TPSA) is 27.3 Å². The fourth-order valence-electron chi connectivity index (χ4n) is 2.07. The first kappa shape index (κ1) is 8.05. The van der Waals surface area contributed by atoms with Crippen LogP contribution in [0.5, 0.6) is 0 Å². The molecule has 3 nitrogen and oxygen atoms in total. The molecule has 4 heteroatoms. The fourth-order valence-corrected chi connectivity index (χ4v) is 2.40. The number of benzene rings is 1. The lowest BCUT2D eigenvalue weighted by Gasteiger charge is -2.32. The molecule has 0 aliphatic carbocycles. The molecular weight excluding hydrogens is 194 g/mol. The minimum absolute atomic E-state index is 0.348. The van der Waals surface area contributed by atoms with Gasteiger partial charge in [-0.2, -0.15) is 0 Å². The molecule has 0 aromatic heterocycles. The van der Waals surface area contributed by atoms with Crippen LogP contribution < -0.4 is 15.5 Å². The maximum absolute atomic E-state index is 5.29. The number of para-hydroxylation sites is 2. The SMILES string of the molecule is S=C1NCCC2Nc3ccccc3N12. The lowest BCUT2D eigenvalue weighted by Crippen LogP contribution is -2.52. The van der Waals surface area contributed by atoms with Crippen molar-refractivity contribution in [1.82, 2.24) is 5.32 Å². The quantitative estimate of drug-likeness (QED) is 0.628. The van der Waals surface area contributed by atoms with E-state index in [-0.39, 0.29) is 0 Å². The summed E-state index contributed by atoms with van der Waals surface area (Å²) in [5.41, 5.74) is 2.37. The summed E-state index contributed by atoms with van der Waals surface area (Å²) >= 11 is 5.29. The highest BCUT2D eigenvalue weighted by molar-refractivity contribution is 7.80. The summed E-state index contributed by atoms with van der Waals surface area (Å²) in [6, 6.07) is 8.28. The summed E-state index contributed by atoms with van der Waals surface area (Å²) in [7, 11) is 0. The second-order valence-corrected chi connectivity index (χ2v) is 3.95. The average Bonchev–Trinajstić information content (AvgIpc) is 2.57. The molecule has 0 bridgehead atoms. The van der Waals surface area contributed by atoms with E-state index in [1.54, 1.807) is 0 Å². The smallest absolute Gasteiger partial charge is 0.175 e. The molecule has 2 aliphatic heterocycles. The van der Waals surface area contributed by atoms with Gasteiger partial charge in [-0.15, -0.1) is 0 Å². The Morgan fingerprint density at radius 2 is 2.21 bits per heavy atom. The van der Waals surface area contributed by atoms with Crippen LogP contribution in [-0.4, -0.2) is 17.8 Å². The number of fused-ring (bicyclic) bond motifs is 3. The third kappa shape index (κ3) is 1.00. The van der Waals surface area contributed by atoms with Gasteiger partial charge in [0.05, 0.1) is 11.4 Å². The first-order valence-corrected chi connectivity index (χ1v) is 5.20. The third-order valence-corrected chi connectivity index (χ3v) is 3.05. The van der Waals surface area contributed by atoms with Gasteiger partial charge in [-0.3, -0.25) is 4.90 Å². The second-order valence-electron chi connectivity index (χ2n) is 3.57. The van der Waals surface area contributed by atoms with Crippen molar-refractivity contribution in [1.29, 1.82) is 0 Å². The van der Waals surface area contributed by atoms with Gasteiger partial charge in [-0.1, -0.05) is 12.1 Å². The molecule has 1 atom stereocenters. The van der Waals surface area contributed by atoms with Gasteiger partial charge in [-0.05, 0) is 24.4 Å². The van der Waals surface area contributed by atoms with E-state index in [0.29, 0.717) is 6.17 Å². The highest BCUT2D eigenvalue weighted by atomic mass is 32.1. The monoisotopic (exact) mass is 205 g/mol. The Morgan fingerprint density at radius 1 is 1.36 bits per heavy atom. The van der Waals surface area contributed by atoms with Crippen LogP contribution in [0.4, 0.5) is 11.4 Å². The van der Waals surface area contributed by atoms with Gasteiger partial charge in [0.2, 0.25) is 0 Å². The fraction of sp³-hybridized carbons (Fsp3) is 0.300. The molecule has 72 valence electrons. The van der Waals surface area contributed by atoms with Gasteiger partial charge < -0.3 is 10.6 Å². The summed E-state index contributed by atoms with van der Waals surface area (Å²) in [6.07, 6.45) is 1.43. The van der Waals surface area contributed by atoms with Crippen molar-refractivity contribution in [3.63, 3.8) is 0 Å². The molecule has 2 N–H and O–H groups in total. The first-order valence-electron chi connectivity index (χ1n) is 4.79. The maximum atomic E-state index is 5.29. The van der Waals surface area contributed by atoms with Gasteiger partial charge >= 0.3 is 0 Å². The van der Waals surface area contributed by atoms with Crippen molar-refractivity contribution in [3.05, 3.63) is 24.3 Å². The zero-order valence-corrected chi connectivity index (χ0v) is 8.47. The van der Waals surface area contributed by atoms with Crippen molar-refractivity contribution < 1.29 is 0 Å². The predicted molar refractivity (Wildman–Crippen MR) is 61.5 cm³/mol.